The quantitative estimate of drug-likeness (QED) is 0.676. The number of aromatic nitrogens is 1. The van der Waals surface area contributed by atoms with Crippen molar-refractivity contribution in [2.24, 2.45) is 5.92 Å². The van der Waals surface area contributed by atoms with Crippen molar-refractivity contribution in [2.75, 3.05) is 18.0 Å². The van der Waals surface area contributed by atoms with Crippen LogP contribution in [0.5, 0.6) is 0 Å². The molecule has 1 aliphatic rings. The second kappa shape index (κ2) is 6.64. The average Bonchev–Trinajstić information content (AvgIpc) is 2.62. The summed E-state index contributed by atoms with van der Waals surface area (Å²) in [5.74, 6) is 1.96. The van der Waals surface area contributed by atoms with Gasteiger partial charge in [0.15, 0.2) is 0 Å². The molecule has 4 rings (SSSR count). The highest BCUT2D eigenvalue weighted by atomic mass is 15.2. The first-order chi connectivity index (χ1) is 11.8. The van der Waals surface area contributed by atoms with Gasteiger partial charge in [0.2, 0.25) is 0 Å². The van der Waals surface area contributed by atoms with E-state index in [1.807, 2.05) is 0 Å². The third-order valence-electron chi connectivity index (χ3n) is 5.13. The molecule has 0 radical (unpaired) electrons. The fourth-order valence-electron chi connectivity index (χ4n) is 3.85. The Morgan fingerprint density at radius 3 is 2.46 bits per heavy atom. The molecule has 1 aliphatic heterocycles. The Labute approximate surface area is 144 Å². The van der Waals surface area contributed by atoms with Crippen LogP contribution in [0.2, 0.25) is 0 Å². The van der Waals surface area contributed by atoms with Gasteiger partial charge in [-0.05, 0) is 49.1 Å². The topological polar surface area (TPSA) is 16.1 Å². The molecule has 2 heterocycles. The minimum Gasteiger partial charge on any atom is -0.356 e. The molecule has 0 atom stereocenters. The largest absolute Gasteiger partial charge is 0.356 e. The maximum atomic E-state index is 4.86. The van der Waals surface area contributed by atoms with E-state index in [0.29, 0.717) is 0 Å². The van der Waals surface area contributed by atoms with Crippen molar-refractivity contribution >= 4 is 16.6 Å². The van der Waals surface area contributed by atoms with Gasteiger partial charge in [-0.1, -0.05) is 54.6 Å². The van der Waals surface area contributed by atoms with Gasteiger partial charge in [-0.25, -0.2) is 4.98 Å². The van der Waals surface area contributed by atoms with Gasteiger partial charge >= 0.3 is 0 Å². The number of pyridine rings is 1. The van der Waals surface area contributed by atoms with Crippen LogP contribution in [0.15, 0.2) is 60.7 Å². The van der Waals surface area contributed by atoms with E-state index in [4.69, 9.17) is 4.98 Å². The van der Waals surface area contributed by atoms with E-state index in [2.05, 4.69) is 72.5 Å². The highest BCUT2D eigenvalue weighted by molar-refractivity contribution is 5.92. The van der Waals surface area contributed by atoms with Crippen LogP contribution < -0.4 is 4.90 Å². The highest BCUT2D eigenvalue weighted by Crippen LogP contribution is 2.30. The van der Waals surface area contributed by atoms with E-state index >= 15 is 0 Å². The third-order valence-corrected chi connectivity index (χ3v) is 5.13. The Morgan fingerprint density at radius 2 is 1.67 bits per heavy atom. The Bertz CT molecular complexity index is 818. The number of hydrogen-bond acceptors (Lipinski definition) is 2. The standard InChI is InChI=1S/C22H24N2/c1-17-15-20-9-5-6-10-21(20)22(23-17)24-13-11-19(12-14-24)16-18-7-3-2-4-8-18/h2-10,15,19H,11-14,16H2,1H3. The van der Waals surface area contributed by atoms with E-state index in [1.54, 1.807) is 0 Å². The molecule has 1 saturated heterocycles. The first-order valence-corrected chi connectivity index (χ1v) is 8.95. The second-order valence-electron chi connectivity index (χ2n) is 6.93. The van der Waals surface area contributed by atoms with Crippen molar-refractivity contribution in [1.82, 2.24) is 4.98 Å². The smallest absolute Gasteiger partial charge is 0.136 e. The van der Waals surface area contributed by atoms with Crippen molar-refractivity contribution in [3.05, 3.63) is 71.9 Å². The SMILES string of the molecule is Cc1cc2ccccc2c(N2CCC(Cc3ccccc3)CC2)n1. The molecule has 24 heavy (non-hydrogen) atoms. The summed E-state index contributed by atoms with van der Waals surface area (Å²) in [6, 6.07) is 21.7. The molecule has 0 aliphatic carbocycles. The van der Waals surface area contributed by atoms with Crippen LogP contribution in [0.3, 0.4) is 0 Å². The second-order valence-corrected chi connectivity index (χ2v) is 6.93. The summed E-state index contributed by atoms with van der Waals surface area (Å²) in [4.78, 5) is 7.34. The monoisotopic (exact) mass is 316 g/mol. The molecule has 122 valence electrons. The molecule has 3 aromatic rings. The summed E-state index contributed by atoms with van der Waals surface area (Å²) < 4.78 is 0. The Morgan fingerprint density at radius 1 is 0.958 bits per heavy atom. The van der Waals surface area contributed by atoms with Crippen molar-refractivity contribution in [2.45, 2.75) is 26.2 Å². The Hall–Kier alpha value is -2.35. The lowest BCUT2D eigenvalue weighted by molar-refractivity contribution is 0.402. The molecule has 0 unspecified atom stereocenters. The summed E-state index contributed by atoms with van der Waals surface area (Å²) in [5, 5.41) is 2.58. The van der Waals surface area contributed by atoms with Crippen molar-refractivity contribution in [3.8, 4) is 0 Å². The molecule has 0 N–H and O–H groups in total. The lowest BCUT2D eigenvalue weighted by Crippen LogP contribution is -2.35. The van der Waals surface area contributed by atoms with Crippen LogP contribution in [0, 0.1) is 12.8 Å². The van der Waals surface area contributed by atoms with Crippen molar-refractivity contribution in [1.29, 1.82) is 0 Å². The van der Waals surface area contributed by atoms with E-state index in [-0.39, 0.29) is 0 Å². The van der Waals surface area contributed by atoms with Gasteiger partial charge in [-0.2, -0.15) is 0 Å². The van der Waals surface area contributed by atoms with Gasteiger partial charge in [-0.3, -0.25) is 0 Å². The molecule has 2 nitrogen and oxygen atoms in total. The maximum Gasteiger partial charge on any atom is 0.136 e. The number of hydrogen-bond donors (Lipinski definition) is 0. The zero-order valence-corrected chi connectivity index (χ0v) is 14.3. The number of benzene rings is 2. The summed E-state index contributed by atoms with van der Waals surface area (Å²) in [5.41, 5.74) is 2.57. The number of piperidine rings is 1. The summed E-state index contributed by atoms with van der Waals surface area (Å²) in [6.45, 7) is 4.31. The molecule has 0 amide bonds. The number of aryl methyl sites for hydroxylation is 1. The molecule has 0 saturated carbocycles. The van der Waals surface area contributed by atoms with Gasteiger partial charge < -0.3 is 4.90 Å². The fourth-order valence-corrected chi connectivity index (χ4v) is 3.85. The van der Waals surface area contributed by atoms with E-state index in [0.717, 1.165) is 24.7 Å². The molecular formula is C22H24N2. The van der Waals surface area contributed by atoms with Crippen LogP contribution in [-0.2, 0) is 6.42 Å². The average molecular weight is 316 g/mol. The number of rotatable bonds is 3. The predicted octanol–water partition coefficient (Wildman–Crippen LogP) is 5.00. The predicted molar refractivity (Wildman–Crippen MR) is 102 cm³/mol. The van der Waals surface area contributed by atoms with Crippen LogP contribution in [-0.4, -0.2) is 18.1 Å². The Kier molecular flexibility index (Phi) is 4.20. The van der Waals surface area contributed by atoms with Gasteiger partial charge in [0.25, 0.3) is 0 Å². The number of nitrogens with zero attached hydrogens (tertiary/aromatic N) is 2. The zero-order valence-electron chi connectivity index (χ0n) is 14.3. The lowest BCUT2D eigenvalue weighted by atomic mass is 9.90. The minimum absolute atomic E-state index is 0.791. The summed E-state index contributed by atoms with van der Waals surface area (Å²) in [7, 11) is 0. The van der Waals surface area contributed by atoms with E-state index in [1.165, 1.54) is 41.4 Å². The highest BCUT2D eigenvalue weighted by Gasteiger charge is 2.21. The molecule has 1 aromatic heterocycles. The first-order valence-electron chi connectivity index (χ1n) is 8.95. The van der Waals surface area contributed by atoms with Crippen LogP contribution in [0.4, 0.5) is 5.82 Å². The molecular weight excluding hydrogens is 292 g/mol. The molecule has 0 spiro atoms. The van der Waals surface area contributed by atoms with Gasteiger partial charge in [0, 0.05) is 24.2 Å². The normalized spacial score (nSPS) is 15.8. The first kappa shape index (κ1) is 15.2. The molecule has 2 aromatic carbocycles. The van der Waals surface area contributed by atoms with Crippen molar-refractivity contribution < 1.29 is 0 Å². The van der Waals surface area contributed by atoms with Crippen LogP contribution in [0.1, 0.15) is 24.1 Å². The lowest BCUT2D eigenvalue weighted by Gasteiger charge is -2.33. The zero-order chi connectivity index (χ0) is 16.4. The van der Waals surface area contributed by atoms with E-state index < -0.39 is 0 Å². The van der Waals surface area contributed by atoms with Crippen molar-refractivity contribution in [3.63, 3.8) is 0 Å². The molecule has 0 bridgehead atoms. The van der Waals surface area contributed by atoms with E-state index in [9.17, 15) is 0 Å². The Balaban J connectivity index is 1.50. The van der Waals surface area contributed by atoms with Crippen LogP contribution in [0.25, 0.3) is 10.8 Å². The minimum atomic E-state index is 0.791. The number of fused-ring (bicyclic) bond motifs is 1. The maximum absolute atomic E-state index is 4.86. The summed E-state index contributed by atoms with van der Waals surface area (Å²) in [6.07, 6.45) is 3.70. The molecule has 2 heteroatoms. The third kappa shape index (κ3) is 3.14. The van der Waals surface area contributed by atoms with Crippen LogP contribution >= 0.6 is 0 Å². The molecule has 1 fully saturated rings. The van der Waals surface area contributed by atoms with Gasteiger partial charge in [-0.15, -0.1) is 0 Å². The van der Waals surface area contributed by atoms with Gasteiger partial charge in [0.1, 0.15) is 5.82 Å². The fraction of sp³-hybridized carbons (Fsp3) is 0.318. The summed E-state index contributed by atoms with van der Waals surface area (Å²) >= 11 is 0. The number of anilines is 1. The van der Waals surface area contributed by atoms with Gasteiger partial charge in [0.05, 0.1) is 0 Å².